The van der Waals surface area contributed by atoms with E-state index >= 15 is 0 Å². The fourth-order valence-electron chi connectivity index (χ4n) is 6.04. The minimum absolute atomic E-state index is 0.452. The van der Waals surface area contributed by atoms with Crippen molar-refractivity contribution in [1.82, 2.24) is 0 Å². The minimum atomic E-state index is -1.54. The maximum absolute atomic E-state index is 12.1. The molecule has 2 unspecified atom stereocenters. The van der Waals surface area contributed by atoms with E-state index in [1.54, 1.807) is 0 Å². The largest absolute Gasteiger partial charge is 0.378 e. The molecule has 2 atom stereocenters. The average molecular weight is 413 g/mol. The fourth-order valence-corrected chi connectivity index (χ4v) is 6.04. The number of halogens is 2. The number of hydrogen-bond donors (Lipinski definition) is 0. The molecule has 0 amide bonds. The molecule has 0 spiro atoms. The summed E-state index contributed by atoms with van der Waals surface area (Å²) < 4.78 is 36.4. The van der Waals surface area contributed by atoms with Gasteiger partial charge in [-0.15, -0.1) is 0 Å². The van der Waals surface area contributed by atoms with Gasteiger partial charge in [-0.3, -0.25) is 0 Å². The molecule has 2 nitrogen and oxygen atoms in total. The summed E-state index contributed by atoms with van der Waals surface area (Å²) in [5, 5.41) is 0. The molecule has 2 aliphatic carbocycles. The Morgan fingerprint density at radius 1 is 0.897 bits per heavy atom. The van der Waals surface area contributed by atoms with Crippen LogP contribution in [0.3, 0.4) is 0 Å². The van der Waals surface area contributed by atoms with Crippen LogP contribution in [0.1, 0.15) is 96.8 Å². The van der Waals surface area contributed by atoms with E-state index in [9.17, 15) is 8.78 Å². The molecular formula is C25H42F2O2. The molecule has 0 N–H and O–H groups in total. The van der Waals surface area contributed by atoms with Crippen LogP contribution in [0.4, 0.5) is 8.78 Å². The number of unbranched alkanes of at least 4 members (excludes halogenated alkanes) is 1. The first kappa shape index (κ1) is 23.2. The highest BCUT2D eigenvalue weighted by atomic mass is 19.3. The van der Waals surface area contributed by atoms with E-state index in [0.717, 1.165) is 56.3 Å². The Morgan fingerprint density at radius 3 is 2.14 bits per heavy atom. The lowest BCUT2D eigenvalue weighted by atomic mass is 9.69. The van der Waals surface area contributed by atoms with E-state index in [1.165, 1.54) is 64.2 Å². The summed E-state index contributed by atoms with van der Waals surface area (Å²) in [6, 6.07) is 0. The molecular weight excluding hydrogens is 370 g/mol. The Balaban J connectivity index is 1.29. The van der Waals surface area contributed by atoms with Crippen LogP contribution in [0.15, 0.2) is 12.2 Å². The van der Waals surface area contributed by atoms with Gasteiger partial charge in [0.1, 0.15) is 0 Å². The van der Waals surface area contributed by atoms with Gasteiger partial charge in [0.05, 0.1) is 12.2 Å². The summed E-state index contributed by atoms with van der Waals surface area (Å²) in [6.07, 6.45) is 17.1. The number of ether oxygens (including phenoxy) is 2. The van der Waals surface area contributed by atoms with Crippen LogP contribution in [-0.2, 0) is 9.47 Å². The third kappa shape index (κ3) is 7.61. The van der Waals surface area contributed by atoms with E-state index in [1.807, 2.05) is 0 Å². The molecule has 0 aromatic heterocycles. The van der Waals surface area contributed by atoms with Crippen molar-refractivity contribution in [3.63, 3.8) is 0 Å². The standard InChI is InChI=1S/C25H42F2O2/c1-2-17-28-23-14-12-21(13-15-23)20-8-10-22(11-9-20)24-16-7-19(18-29-24)5-3-4-6-25(26)27/h6,19-24H,2-5,7-18H2,1H3. The highest BCUT2D eigenvalue weighted by molar-refractivity contribution is 4.86. The first-order chi connectivity index (χ1) is 14.2. The molecule has 3 aliphatic rings. The van der Waals surface area contributed by atoms with Crippen molar-refractivity contribution in [1.29, 1.82) is 0 Å². The van der Waals surface area contributed by atoms with Crippen molar-refractivity contribution in [2.75, 3.05) is 13.2 Å². The van der Waals surface area contributed by atoms with Crippen molar-refractivity contribution < 1.29 is 18.3 Å². The molecule has 0 aromatic rings. The maximum Gasteiger partial charge on any atom is 0.266 e. The van der Waals surface area contributed by atoms with Gasteiger partial charge in [0.2, 0.25) is 0 Å². The van der Waals surface area contributed by atoms with E-state index in [2.05, 4.69) is 6.92 Å². The van der Waals surface area contributed by atoms with Crippen LogP contribution in [0, 0.1) is 23.7 Å². The molecule has 2 saturated carbocycles. The van der Waals surface area contributed by atoms with Crippen molar-refractivity contribution in [3.05, 3.63) is 12.2 Å². The highest BCUT2D eigenvalue weighted by Gasteiger charge is 2.35. The lowest BCUT2D eigenvalue weighted by Gasteiger charge is -2.41. The van der Waals surface area contributed by atoms with Gasteiger partial charge >= 0.3 is 0 Å². The summed E-state index contributed by atoms with van der Waals surface area (Å²) in [5.41, 5.74) is 0. The zero-order chi connectivity index (χ0) is 20.5. The van der Waals surface area contributed by atoms with E-state index in [0.29, 0.717) is 24.5 Å². The lowest BCUT2D eigenvalue weighted by Crippen LogP contribution is -2.35. The Kier molecular flexibility index (Phi) is 9.91. The van der Waals surface area contributed by atoms with Gasteiger partial charge in [-0.05, 0) is 120 Å². The van der Waals surface area contributed by atoms with Crippen LogP contribution >= 0.6 is 0 Å². The second-order valence-electron chi connectivity index (χ2n) is 9.82. The monoisotopic (exact) mass is 412 g/mol. The van der Waals surface area contributed by atoms with Crippen LogP contribution in [-0.4, -0.2) is 25.4 Å². The van der Waals surface area contributed by atoms with Gasteiger partial charge in [-0.1, -0.05) is 6.92 Å². The predicted octanol–water partition coefficient (Wildman–Crippen LogP) is 7.52. The summed E-state index contributed by atoms with van der Waals surface area (Å²) in [6.45, 7) is 3.96. The molecule has 1 heterocycles. The van der Waals surface area contributed by atoms with Crippen molar-refractivity contribution in [3.8, 4) is 0 Å². The molecule has 1 aliphatic heterocycles. The van der Waals surface area contributed by atoms with Crippen LogP contribution < -0.4 is 0 Å². The van der Waals surface area contributed by atoms with E-state index in [4.69, 9.17) is 9.47 Å². The average Bonchev–Trinajstić information content (AvgIpc) is 2.76. The van der Waals surface area contributed by atoms with Gasteiger partial charge in [-0.2, -0.15) is 8.78 Å². The molecule has 29 heavy (non-hydrogen) atoms. The Morgan fingerprint density at radius 2 is 1.55 bits per heavy atom. The molecule has 3 rings (SSSR count). The second kappa shape index (κ2) is 12.4. The van der Waals surface area contributed by atoms with Gasteiger partial charge in [0, 0.05) is 13.2 Å². The molecule has 168 valence electrons. The predicted molar refractivity (Wildman–Crippen MR) is 114 cm³/mol. The summed E-state index contributed by atoms with van der Waals surface area (Å²) in [5.74, 6) is 3.18. The van der Waals surface area contributed by atoms with Crippen LogP contribution in [0.25, 0.3) is 0 Å². The van der Waals surface area contributed by atoms with Crippen LogP contribution in [0.2, 0.25) is 0 Å². The zero-order valence-electron chi connectivity index (χ0n) is 18.4. The molecule has 0 aromatic carbocycles. The first-order valence-corrected chi connectivity index (χ1v) is 12.4. The Labute approximate surface area is 176 Å². The Hall–Kier alpha value is -0.480. The minimum Gasteiger partial charge on any atom is -0.378 e. The SMILES string of the molecule is CCCOC1CCC(C2CCC(C3CCC(CCCC=C(F)F)CO3)CC2)CC1. The van der Waals surface area contributed by atoms with Crippen molar-refractivity contribution in [2.45, 2.75) is 109 Å². The summed E-state index contributed by atoms with van der Waals surface area (Å²) >= 11 is 0. The summed E-state index contributed by atoms with van der Waals surface area (Å²) in [4.78, 5) is 0. The van der Waals surface area contributed by atoms with E-state index < -0.39 is 6.08 Å². The maximum atomic E-state index is 12.1. The Bertz CT molecular complexity index is 467. The molecule has 4 heteroatoms. The third-order valence-corrected chi connectivity index (χ3v) is 7.81. The van der Waals surface area contributed by atoms with Crippen LogP contribution in [0.5, 0.6) is 0 Å². The van der Waals surface area contributed by atoms with E-state index in [-0.39, 0.29) is 0 Å². The lowest BCUT2D eigenvalue weighted by molar-refractivity contribution is -0.0630. The topological polar surface area (TPSA) is 18.5 Å². The van der Waals surface area contributed by atoms with Gasteiger partial charge in [0.15, 0.2) is 0 Å². The highest BCUT2D eigenvalue weighted by Crippen LogP contribution is 2.43. The molecule has 3 fully saturated rings. The van der Waals surface area contributed by atoms with Crippen molar-refractivity contribution >= 4 is 0 Å². The third-order valence-electron chi connectivity index (χ3n) is 7.81. The quantitative estimate of drug-likeness (QED) is 0.364. The van der Waals surface area contributed by atoms with Crippen molar-refractivity contribution in [2.24, 2.45) is 23.7 Å². The van der Waals surface area contributed by atoms with Gasteiger partial charge < -0.3 is 9.47 Å². The van der Waals surface area contributed by atoms with Gasteiger partial charge in [-0.25, -0.2) is 0 Å². The smallest absolute Gasteiger partial charge is 0.266 e. The molecule has 0 radical (unpaired) electrons. The second-order valence-corrected chi connectivity index (χ2v) is 9.82. The molecule has 1 saturated heterocycles. The normalized spacial score (nSPS) is 36.0. The zero-order valence-corrected chi connectivity index (χ0v) is 18.4. The molecule has 0 bridgehead atoms. The van der Waals surface area contributed by atoms with Gasteiger partial charge in [0.25, 0.3) is 6.08 Å². The number of rotatable bonds is 9. The number of allylic oxidation sites excluding steroid dienone is 1. The summed E-state index contributed by atoms with van der Waals surface area (Å²) in [7, 11) is 0. The fraction of sp³-hybridized carbons (Fsp3) is 0.920. The number of hydrogen-bond acceptors (Lipinski definition) is 2. The first-order valence-electron chi connectivity index (χ1n) is 12.4.